The second-order valence-electron chi connectivity index (χ2n) is 15.5. The van der Waals surface area contributed by atoms with Crippen LogP contribution in [0.1, 0.15) is 81.6 Å². The van der Waals surface area contributed by atoms with Crippen molar-refractivity contribution in [1.82, 2.24) is 58.6 Å². The highest BCUT2D eigenvalue weighted by Crippen LogP contribution is 2.36. The Morgan fingerprint density at radius 2 is 0.939 bits per heavy atom. The lowest BCUT2D eigenvalue weighted by Crippen LogP contribution is -2.02. The second kappa shape index (κ2) is 17.9. The number of halogens is 6. The molecule has 6 aromatic heterocycles. The Hall–Kier alpha value is -7.90. The molecule has 0 fully saturated rings. The third-order valence-electron chi connectivity index (χ3n) is 11.0. The van der Waals surface area contributed by atoms with Crippen LogP contribution >= 0.6 is 0 Å². The molecular formula is C46H38F6N12O2. The lowest BCUT2D eigenvalue weighted by atomic mass is 9.97. The molecule has 0 amide bonds. The minimum atomic E-state index is -1.47. The van der Waals surface area contributed by atoms with Crippen molar-refractivity contribution in [2.45, 2.75) is 51.6 Å². The molecule has 0 radical (unpaired) electrons. The Labute approximate surface area is 372 Å². The van der Waals surface area contributed by atoms with Gasteiger partial charge in [-0.3, -0.25) is 9.13 Å². The van der Waals surface area contributed by atoms with Gasteiger partial charge in [-0.1, -0.05) is 0 Å². The number of aromatic nitrogens is 12. The standard InChI is InChI=1S/2C23H19F3N6O/c2*1-13-11-31(12-28-13)23-19(33-2)7-14(10-27-23)3-4-20-29-22-16(5-6-32(22)30-20)15-8-17(24)21(26)18(25)9-15/h2*3-4,7-12,16H,5-6H2,1-2H3/b2*4-3+/t2*16-/m10/s1. The van der Waals surface area contributed by atoms with Gasteiger partial charge in [-0.25, -0.2) is 65.6 Å². The number of rotatable bonds is 10. The highest BCUT2D eigenvalue weighted by atomic mass is 19.2. The van der Waals surface area contributed by atoms with Crippen molar-refractivity contribution in [1.29, 1.82) is 0 Å². The summed E-state index contributed by atoms with van der Waals surface area (Å²) in [6.07, 6.45) is 18.7. The number of pyridine rings is 2. The van der Waals surface area contributed by atoms with Crippen molar-refractivity contribution in [2.75, 3.05) is 14.2 Å². The molecular weight excluding hydrogens is 867 g/mol. The van der Waals surface area contributed by atoms with Crippen LogP contribution in [-0.2, 0) is 13.1 Å². The van der Waals surface area contributed by atoms with Gasteiger partial charge < -0.3 is 9.47 Å². The Bertz CT molecular complexity index is 2920. The lowest BCUT2D eigenvalue weighted by molar-refractivity contribution is 0.410. The molecule has 8 aromatic rings. The summed E-state index contributed by atoms with van der Waals surface area (Å²) in [5, 5.41) is 8.90. The summed E-state index contributed by atoms with van der Waals surface area (Å²) in [6, 6.07) is 7.75. The molecule has 2 aliphatic rings. The number of hydrogen-bond donors (Lipinski definition) is 0. The molecule has 336 valence electrons. The van der Waals surface area contributed by atoms with Crippen molar-refractivity contribution < 1.29 is 35.8 Å². The van der Waals surface area contributed by atoms with Crippen molar-refractivity contribution in [3.63, 3.8) is 0 Å². The van der Waals surface area contributed by atoms with Crippen LogP contribution in [-0.4, -0.2) is 72.8 Å². The van der Waals surface area contributed by atoms with Crippen molar-refractivity contribution in [2.24, 2.45) is 0 Å². The zero-order valence-corrected chi connectivity index (χ0v) is 35.7. The maximum absolute atomic E-state index is 13.7. The smallest absolute Gasteiger partial charge is 0.194 e. The monoisotopic (exact) mass is 904 g/mol. The summed E-state index contributed by atoms with van der Waals surface area (Å²) in [6.45, 7) is 4.89. The first-order chi connectivity index (χ1) is 31.8. The van der Waals surface area contributed by atoms with Gasteiger partial charge >= 0.3 is 0 Å². The van der Waals surface area contributed by atoms with Gasteiger partial charge in [-0.2, -0.15) is 10.2 Å². The number of methoxy groups -OCH3 is 2. The van der Waals surface area contributed by atoms with Crippen LogP contribution in [0, 0.1) is 48.8 Å². The second-order valence-corrected chi connectivity index (χ2v) is 15.5. The Morgan fingerprint density at radius 1 is 0.545 bits per heavy atom. The quantitative estimate of drug-likeness (QED) is 0.0968. The average Bonchev–Trinajstić information content (AvgIpc) is 4.18. The molecule has 0 aliphatic carbocycles. The molecule has 10 rings (SSSR count). The SMILES string of the molecule is COc1cc(/C=C/c2nc3n(n2)CC[C@@H]3c2cc(F)c(F)c(F)c2)cnc1-n1cnc(C)c1.COc1cc(/C=C/c2nc3n(n2)CC[C@H]3c2cc(F)c(F)c(F)c2)cnc1-n1cnc(C)c1. The van der Waals surface area contributed by atoms with E-state index in [2.05, 4.69) is 40.1 Å². The topological polar surface area (TPSA) is 141 Å². The summed E-state index contributed by atoms with van der Waals surface area (Å²) in [5.41, 5.74) is 3.97. The predicted octanol–water partition coefficient (Wildman–Crippen LogP) is 8.60. The third kappa shape index (κ3) is 8.68. The summed E-state index contributed by atoms with van der Waals surface area (Å²) < 4.78 is 99.3. The van der Waals surface area contributed by atoms with Gasteiger partial charge in [0.15, 0.2) is 69.7 Å². The van der Waals surface area contributed by atoms with Crippen LogP contribution in [0.5, 0.6) is 11.5 Å². The van der Waals surface area contributed by atoms with Crippen molar-refractivity contribution in [3.8, 4) is 23.1 Å². The van der Waals surface area contributed by atoms with E-state index < -0.39 is 34.9 Å². The molecule has 0 N–H and O–H groups in total. The van der Waals surface area contributed by atoms with E-state index >= 15 is 0 Å². The highest BCUT2D eigenvalue weighted by molar-refractivity contribution is 5.69. The fourth-order valence-electron chi connectivity index (χ4n) is 7.87. The van der Waals surface area contributed by atoms with Crippen LogP contribution in [0.2, 0.25) is 0 Å². The Balaban J connectivity index is 0.000000166. The lowest BCUT2D eigenvalue weighted by Gasteiger charge is -2.09. The maximum Gasteiger partial charge on any atom is 0.194 e. The van der Waals surface area contributed by atoms with Gasteiger partial charge in [0.1, 0.15) is 24.3 Å². The zero-order valence-electron chi connectivity index (χ0n) is 35.7. The van der Waals surface area contributed by atoms with Gasteiger partial charge in [-0.15, -0.1) is 0 Å². The summed E-state index contributed by atoms with van der Waals surface area (Å²) in [4.78, 5) is 26.4. The van der Waals surface area contributed by atoms with E-state index in [9.17, 15) is 26.3 Å². The largest absolute Gasteiger partial charge is 0.493 e. The summed E-state index contributed by atoms with van der Waals surface area (Å²) >= 11 is 0. The van der Waals surface area contributed by atoms with E-state index in [1.54, 1.807) is 82.1 Å². The van der Waals surface area contributed by atoms with Crippen LogP contribution < -0.4 is 9.47 Å². The number of imidazole rings is 2. The van der Waals surface area contributed by atoms with E-state index in [4.69, 9.17) is 9.47 Å². The van der Waals surface area contributed by atoms with Crippen LogP contribution in [0.4, 0.5) is 26.3 Å². The highest BCUT2D eigenvalue weighted by Gasteiger charge is 2.31. The van der Waals surface area contributed by atoms with Crippen LogP contribution in [0.15, 0.2) is 73.8 Å². The van der Waals surface area contributed by atoms with E-state index in [1.807, 2.05) is 38.4 Å². The third-order valence-corrected chi connectivity index (χ3v) is 11.0. The van der Waals surface area contributed by atoms with Gasteiger partial charge in [0, 0.05) is 49.7 Å². The van der Waals surface area contributed by atoms with Crippen LogP contribution in [0.25, 0.3) is 35.9 Å². The predicted molar refractivity (Wildman–Crippen MR) is 229 cm³/mol. The Morgan fingerprint density at radius 3 is 1.29 bits per heavy atom. The zero-order chi connectivity index (χ0) is 46.2. The first-order valence-corrected chi connectivity index (χ1v) is 20.5. The molecule has 8 heterocycles. The average molecular weight is 905 g/mol. The molecule has 20 heteroatoms. The fourth-order valence-corrected chi connectivity index (χ4v) is 7.87. The van der Waals surface area contributed by atoms with Crippen LogP contribution in [0.3, 0.4) is 0 Å². The Kier molecular flexibility index (Phi) is 11.8. The molecule has 14 nitrogen and oxygen atoms in total. The van der Waals surface area contributed by atoms with Gasteiger partial charge in [0.05, 0.1) is 25.6 Å². The van der Waals surface area contributed by atoms with Gasteiger partial charge in [-0.05, 0) is 110 Å². The molecule has 2 atom stereocenters. The number of fused-ring (bicyclic) bond motifs is 2. The van der Waals surface area contributed by atoms with E-state index in [0.717, 1.165) is 46.8 Å². The minimum Gasteiger partial charge on any atom is -0.493 e. The molecule has 2 aliphatic heterocycles. The van der Waals surface area contributed by atoms with E-state index in [-0.39, 0.29) is 11.8 Å². The molecule has 0 bridgehead atoms. The molecule has 2 aromatic carbocycles. The number of nitrogens with zero attached hydrogens (tertiary/aromatic N) is 12. The van der Waals surface area contributed by atoms with Gasteiger partial charge in [0.25, 0.3) is 0 Å². The van der Waals surface area contributed by atoms with E-state index in [1.165, 1.54) is 0 Å². The number of benzene rings is 2. The molecule has 0 saturated carbocycles. The molecule has 0 saturated heterocycles. The summed E-state index contributed by atoms with van der Waals surface area (Å²) in [7, 11) is 3.14. The molecule has 66 heavy (non-hydrogen) atoms. The van der Waals surface area contributed by atoms with E-state index in [0.29, 0.717) is 83.5 Å². The minimum absolute atomic E-state index is 0.340. The van der Waals surface area contributed by atoms with Crippen molar-refractivity contribution in [3.05, 3.63) is 166 Å². The fraction of sp³-hybridized carbons (Fsp3) is 0.217. The summed E-state index contributed by atoms with van der Waals surface area (Å²) in [5.74, 6) is -4.03. The molecule has 0 spiro atoms. The number of hydrogen-bond acceptors (Lipinski definition) is 10. The van der Waals surface area contributed by atoms with Crippen molar-refractivity contribution >= 4 is 24.3 Å². The first kappa shape index (κ1) is 43.4. The number of ether oxygens (including phenoxy) is 2. The number of aryl methyl sites for hydroxylation is 4. The molecule has 0 unspecified atom stereocenters. The maximum atomic E-state index is 13.7. The first-order valence-electron chi connectivity index (χ1n) is 20.5. The van der Waals surface area contributed by atoms with Gasteiger partial charge in [0.2, 0.25) is 0 Å². The normalized spacial score (nSPS) is 15.4.